The van der Waals surface area contributed by atoms with Crippen LogP contribution in [0.25, 0.3) is 5.69 Å². The van der Waals surface area contributed by atoms with Gasteiger partial charge in [0.25, 0.3) is 5.91 Å². The number of halogens is 1. The number of amides is 1. The maximum absolute atomic E-state index is 13.2. The summed E-state index contributed by atoms with van der Waals surface area (Å²) in [6.45, 7) is 0.439. The number of aromatic nitrogens is 2. The van der Waals surface area contributed by atoms with E-state index >= 15 is 0 Å². The topological polar surface area (TPSA) is 64.0 Å². The summed E-state index contributed by atoms with van der Waals surface area (Å²) in [6, 6.07) is 10.0. The van der Waals surface area contributed by atoms with Crippen LogP contribution in [0.4, 0.5) is 0 Å². The van der Waals surface area contributed by atoms with Gasteiger partial charge in [-0.2, -0.15) is 5.10 Å². The lowest BCUT2D eigenvalue weighted by molar-refractivity contribution is -0.111. The Morgan fingerprint density at radius 3 is 2.30 bits per heavy atom. The molecule has 30 heavy (non-hydrogen) atoms. The molecule has 0 aliphatic heterocycles. The lowest BCUT2D eigenvalue weighted by Gasteiger charge is -2.56. The highest BCUT2D eigenvalue weighted by Crippen LogP contribution is 2.60. The van der Waals surface area contributed by atoms with Crippen molar-refractivity contribution in [2.24, 2.45) is 17.8 Å². The van der Waals surface area contributed by atoms with Crippen LogP contribution >= 0.6 is 11.6 Å². The molecule has 0 radical (unpaired) electrons. The lowest BCUT2D eigenvalue weighted by atomic mass is 9.48. The third-order valence-electron chi connectivity index (χ3n) is 7.36. The fraction of sp³-hybridized carbons (Fsp3) is 0.542. The number of nitrogens with zero attached hydrogens (tertiary/aromatic N) is 2. The van der Waals surface area contributed by atoms with E-state index < -0.39 is 0 Å². The number of para-hydroxylation sites is 1. The van der Waals surface area contributed by atoms with E-state index in [0.29, 0.717) is 18.5 Å². The number of hydrogen-bond acceptors (Lipinski definition) is 3. The van der Waals surface area contributed by atoms with Gasteiger partial charge in [-0.15, -0.1) is 0 Å². The Labute approximate surface area is 182 Å². The summed E-state index contributed by atoms with van der Waals surface area (Å²) in [5, 5.41) is 7.65. The number of nitrogens with one attached hydrogen (secondary N) is 1. The van der Waals surface area contributed by atoms with Crippen molar-refractivity contribution in [2.75, 3.05) is 6.54 Å². The molecule has 1 heterocycles. The fourth-order valence-corrected chi connectivity index (χ4v) is 6.70. The molecule has 2 aromatic rings. The molecule has 0 saturated heterocycles. The van der Waals surface area contributed by atoms with Gasteiger partial charge in [0.1, 0.15) is 0 Å². The van der Waals surface area contributed by atoms with E-state index in [0.717, 1.165) is 48.4 Å². The van der Waals surface area contributed by atoms with E-state index in [1.54, 1.807) is 0 Å². The van der Waals surface area contributed by atoms with Gasteiger partial charge in [0.2, 0.25) is 5.24 Å². The molecule has 4 aliphatic rings. The molecule has 4 fully saturated rings. The van der Waals surface area contributed by atoms with Gasteiger partial charge >= 0.3 is 0 Å². The highest BCUT2D eigenvalue weighted by molar-refractivity contribution is 6.63. The average molecular weight is 426 g/mol. The van der Waals surface area contributed by atoms with Crippen LogP contribution in [0.15, 0.2) is 36.5 Å². The monoisotopic (exact) mass is 425 g/mol. The quantitative estimate of drug-likeness (QED) is 0.520. The van der Waals surface area contributed by atoms with Crippen LogP contribution < -0.4 is 5.32 Å². The SMILES string of the molecule is O=C(Cl)CCCNC(=O)c1cn(-c2ccccc2)nc1C12CC3CC(CC(C3)C1)C2. The summed E-state index contributed by atoms with van der Waals surface area (Å²) in [6.07, 6.45) is 10.3. The molecule has 1 N–H and O–H groups in total. The molecule has 0 unspecified atom stereocenters. The van der Waals surface area contributed by atoms with E-state index in [4.69, 9.17) is 16.7 Å². The third-order valence-corrected chi connectivity index (χ3v) is 7.54. The normalized spacial score (nSPS) is 29.2. The van der Waals surface area contributed by atoms with E-state index in [-0.39, 0.29) is 23.0 Å². The fourth-order valence-electron chi connectivity index (χ4n) is 6.57. The second kappa shape index (κ2) is 7.84. The number of benzene rings is 1. The Bertz CT molecular complexity index is 917. The van der Waals surface area contributed by atoms with E-state index in [2.05, 4.69) is 5.32 Å². The van der Waals surface area contributed by atoms with Crippen LogP contribution in [0.3, 0.4) is 0 Å². The minimum atomic E-state index is -0.365. The van der Waals surface area contributed by atoms with Crippen molar-refractivity contribution in [1.82, 2.24) is 15.1 Å². The Kier molecular flexibility index (Phi) is 5.18. The van der Waals surface area contributed by atoms with Crippen molar-refractivity contribution < 1.29 is 9.59 Å². The predicted octanol–water partition coefficient (Wildman–Crippen LogP) is 4.62. The Hall–Kier alpha value is -2.14. The molecule has 1 amide bonds. The van der Waals surface area contributed by atoms with Gasteiger partial charge in [-0.1, -0.05) is 18.2 Å². The predicted molar refractivity (Wildman–Crippen MR) is 116 cm³/mol. The molecular formula is C24H28ClN3O2. The second-order valence-corrected chi connectivity index (χ2v) is 10.0. The lowest BCUT2D eigenvalue weighted by Crippen LogP contribution is -2.49. The van der Waals surface area contributed by atoms with Crippen molar-refractivity contribution in [3.63, 3.8) is 0 Å². The van der Waals surface area contributed by atoms with Crippen LogP contribution in [0.2, 0.25) is 0 Å². The summed E-state index contributed by atoms with van der Waals surface area (Å²) in [5.74, 6) is 2.25. The van der Waals surface area contributed by atoms with Crippen molar-refractivity contribution in [3.05, 3.63) is 47.8 Å². The third kappa shape index (κ3) is 3.68. The van der Waals surface area contributed by atoms with Gasteiger partial charge in [0.15, 0.2) is 0 Å². The van der Waals surface area contributed by atoms with Gasteiger partial charge in [-0.25, -0.2) is 4.68 Å². The van der Waals surface area contributed by atoms with Crippen LogP contribution in [0.1, 0.15) is 67.4 Å². The first-order valence-electron chi connectivity index (χ1n) is 11.1. The standard InChI is InChI=1S/C24H28ClN3O2/c25-21(29)7-4-8-26-23(30)20-15-28(19-5-2-1-3-6-19)27-22(20)24-12-16-9-17(13-24)11-18(10-16)14-24/h1-3,5-6,15-18H,4,7-14H2,(H,26,30). The molecule has 4 saturated carbocycles. The van der Waals surface area contributed by atoms with E-state index in [1.807, 2.05) is 41.2 Å². The maximum atomic E-state index is 13.2. The largest absolute Gasteiger partial charge is 0.352 e. The summed E-state index contributed by atoms with van der Waals surface area (Å²) >= 11 is 5.42. The Balaban J connectivity index is 1.47. The molecule has 4 aliphatic carbocycles. The number of rotatable bonds is 7. The molecule has 6 heteroatoms. The minimum Gasteiger partial charge on any atom is -0.352 e. The highest BCUT2D eigenvalue weighted by atomic mass is 35.5. The summed E-state index contributed by atoms with van der Waals surface area (Å²) in [5.41, 5.74) is 2.68. The molecule has 0 spiro atoms. The molecular weight excluding hydrogens is 398 g/mol. The Morgan fingerprint density at radius 1 is 1.07 bits per heavy atom. The zero-order chi connectivity index (χ0) is 20.7. The van der Waals surface area contributed by atoms with Crippen LogP contribution in [-0.4, -0.2) is 27.5 Å². The average Bonchev–Trinajstić information content (AvgIpc) is 3.17. The second-order valence-electron chi connectivity index (χ2n) is 9.58. The summed E-state index contributed by atoms with van der Waals surface area (Å²) in [4.78, 5) is 24.1. The van der Waals surface area contributed by atoms with Crippen molar-refractivity contribution in [2.45, 2.75) is 56.8 Å². The summed E-state index contributed by atoms with van der Waals surface area (Å²) < 4.78 is 1.87. The zero-order valence-electron chi connectivity index (χ0n) is 17.1. The zero-order valence-corrected chi connectivity index (χ0v) is 17.9. The van der Waals surface area contributed by atoms with Crippen molar-refractivity contribution >= 4 is 22.8 Å². The Morgan fingerprint density at radius 2 is 1.70 bits per heavy atom. The molecule has 1 aromatic heterocycles. The molecule has 6 rings (SSSR count). The molecule has 4 bridgehead atoms. The van der Waals surface area contributed by atoms with Crippen LogP contribution in [0, 0.1) is 17.8 Å². The number of hydrogen-bond donors (Lipinski definition) is 1. The summed E-state index contributed by atoms with van der Waals surface area (Å²) in [7, 11) is 0. The number of carbonyl (C=O) groups excluding carboxylic acids is 2. The van der Waals surface area contributed by atoms with E-state index in [1.165, 1.54) is 19.3 Å². The van der Waals surface area contributed by atoms with Crippen molar-refractivity contribution in [1.29, 1.82) is 0 Å². The molecule has 0 atom stereocenters. The van der Waals surface area contributed by atoms with E-state index in [9.17, 15) is 9.59 Å². The number of carbonyl (C=O) groups is 2. The smallest absolute Gasteiger partial charge is 0.254 e. The first-order valence-corrected chi connectivity index (χ1v) is 11.5. The first-order chi connectivity index (χ1) is 14.5. The van der Waals surface area contributed by atoms with Crippen LogP contribution in [0.5, 0.6) is 0 Å². The highest BCUT2D eigenvalue weighted by Gasteiger charge is 2.53. The maximum Gasteiger partial charge on any atom is 0.254 e. The minimum absolute atomic E-state index is 0.0353. The van der Waals surface area contributed by atoms with Gasteiger partial charge in [-0.3, -0.25) is 9.59 Å². The van der Waals surface area contributed by atoms with Crippen LogP contribution in [-0.2, 0) is 10.2 Å². The molecule has 158 valence electrons. The van der Waals surface area contributed by atoms with Gasteiger partial charge in [-0.05, 0) is 86.4 Å². The van der Waals surface area contributed by atoms with Gasteiger partial charge in [0.05, 0.1) is 16.9 Å². The molecule has 5 nitrogen and oxygen atoms in total. The van der Waals surface area contributed by atoms with Gasteiger partial charge in [0, 0.05) is 24.6 Å². The van der Waals surface area contributed by atoms with Crippen molar-refractivity contribution in [3.8, 4) is 5.69 Å². The van der Waals surface area contributed by atoms with Gasteiger partial charge < -0.3 is 5.32 Å². The molecule has 1 aromatic carbocycles. The first kappa shape index (κ1) is 19.8.